The Bertz CT molecular complexity index is 276. The van der Waals surface area contributed by atoms with Gasteiger partial charge >= 0.3 is 0 Å². The van der Waals surface area contributed by atoms with Crippen LogP contribution in [0.1, 0.15) is 20.8 Å². The fourth-order valence-corrected chi connectivity index (χ4v) is 0.542. The van der Waals surface area contributed by atoms with Crippen LogP contribution in [0.25, 0.3) is 0 Å². The van der Waals surface area contributed by atoms with Crippen molar-refractivity contribution in [2.45, 2.75) is 26.3 Å². The molecule has 0 bridgehead atoms. The number of hydrogen-bond donors (Lipinski definition) is 1. The highest BCUT2D eigenvalue weighted by molar-refractivity contribution is 5.37. The number of nitrogens with one attached hydrogen (secondary N) is 1. The fraction of sp³-hybridized carbons (Fsp3) is 0.400. The van der Waals surface area contributed by atoms with Crippen molar-refractivity contribution in [1.82, 2.24) is 5.32 Å². The second-order valence-electron chi connectivity index (χ2n) is 3.56. The average Bonchev–Trinajstić information content (AvgIpc) is 2.03. The first kappa shape index (κ1) is 11.3. The van der Waals surface area contributed by atoms with E-state index in [4.69, 9.17) is 10.5 Å². The van der Waals surface area contributed by atoms with Crippen molar-refractivity contribution in [1.29, 1.82) is 10.5 Å². The minimum absolute atomic E-state index is 0.00376. The molecule has 0 radical (unpaired) electrons. The van der Waals surface area contributed by atoms with Gasteiger partial charge in [0.25, 0.3) is 0 Å². The first-order chi connectivity index (χ1) is 5.99. The van der Waals surface area contributed by atoms with Crippen LogP contribution in [-0.2, 0) is 0 Å². The van der Waals surface area contributed by atoms with Crippen molar-refractivity contribution in [3.8, 4) is 12.1 Å². The maximum Gasteiger partial charge on any atom is 0.129 e. The van der Waals surface area contributed by atoms with Crippen LogP contribution in [0.4, 0.5) is 0 Å². The van der Waals surface area contributed by atoms with Crippen LogP contribution in [0.2, 0.25) is 0 Å². The summed E-state index contributed by atoms with van der Waals surface area (Å²) in [5.74, 6) is 0. The van der Waals surface area contributed by atoms with Crippen molar-refractivity contribution in [3.63, 3.8) is 0 Å². The van der Waals surface area contributed by atoms with Crippen molar-refractivity contribution < 1.29 is 0 Å². The second kappa shape index (κ2) is 5.00. The maximum absolute atomic E-state index is 8.39. The SMILES string of the molecule is CC(C)(C)NC=CC=C(C#N)C#N. The van der Waals surface area contributed by atoms with E-state index in [0.717, 1.165) is 0 Å². The van der Waals surface area contributed by atoms with E-state index >= 15 is 0 Å². The minimum atomic E-state index is 0.00376. The zero-order valence-corrected chi connectivity index (χ0v) is 8.13. The molecule has 0 saturated heterocycles. The summed E-state index contributed by atoms with van der Waals surface area (Å²) in [6, 6.07) is 3.54. The monoisotopic (exact) mass is 175 g/mol. The van der Waals surface area contributed by atoms with Crippen LogP contribution in [-0.4, -0.2) is 5.54 Å². The van der Waals surface area contributed by atoms with Crippen molar-refractivity contribution in [2.24, 2.45) is 0 Å². The fourth-order valence-electron chi connectivity index (χ4n) is 0.542. The molecule has 0 aromatic carbocycles. The summed E-state index contributed by atoms with van der Waals surface area (Å²) in [5.41, 5.74) is 0.107. The Labute approximate surface area is 79.0 Å². The van der Waals surface area contributed by atoms with E-state index in [-0.39, 0.29) is 11.1 Å². The molecule has 0 fully saturated rings. The molecule has 0 heterocycles. The first-order valence-corrected chi connectivity index (χ1v) is 3.94. The highest BCUT2D eigenvalue weighted by Gasteiger charge is 2.03. The summed E-state index contributed by atoms with van der Waals surface area (Å²) in [5, 5.41) is 19.9. The standard InChI is InChI=1S/C10H13N3/c1-10(2,3)13-6-4-5-9(7-11)8-12/h4-6,13H,1-3H3. The molecule has 0 aromatic rings. The highest BCUT2D eigenvalue weighted by Crippen LogP contribution is 1.98. The quantitative estimate of drug-likeness (QED) is 0.514. The number of nitriles is 2. The Hall–Kier alpha value is -1.74. The van der Waals surface area contributed by atoms with Gasteiger partial charge in [0.05, 0.1) is 0 Å². The van der Waals surface area contributed by atoms with E-state index in [1.54, 1.807) is 24.4 Å². The van der Waals surface area contributed by atoms with Gasteiger partial charge in [-0.1, -0.05) is 0 Å². The van der Waals surface area contributed by atoms with E-state index in [2.05, 4.69) is 5.32 Å². The zero-order chi connectivity index (χ0) is 10.3. The Morgan fingerprint density at radius 2 is 1.77 bits per heavy atom. The molecular weight excluding hydrogens is 162 g/mol. The Balaban J connectivity index is 4.12. The number of hydrogen-bond acceptors (Lipinski definition) is 3. The smallest absolute Gasteiger partial charge is 0.129 e. The van der Waals surface area contributed by atoms with E-state index in [1.807, 2.05) is 20.8 Å². The predicted octanol–water partition coefficient (Wildman–Crippen LogP) is 1.86. The summed E-state index contributed by atoms with van der Waals surface area (Å²) in [6.07, 6.45) is 4.83. The summed E-state index contributed by atoms with van der Waals surface area (Å²) < 4.78 is 0. The number of nitrogens with zero attached hydrogens (tertiary/aromatic N) is 2. The van der Waals surface area contributed by atoms with Crippen LogP contribution >= 0.6 is 0 Å². The largest absolute Gasteiger partial charge is 0.386 e. The van der Waals surface area contributed by atoms with Crippen molar-refractivity contribution in [3.05, 3.63) is 23.9 Å². The molecule has 68 valence electrons. The lowest BCUT2D eigenvalue weighted by atomic mass is 10.1. The molecule has 0 aliphatic rings. The van der Waals surface area contributed by atoms with E-state index in [1.165, 1.54) is 6.08 Å². The van der Waals surface area contributed by atoms with Gasteiger partial charge in [0.2, 0.25) is 0 Å². The predicted molar refractivity (Wildman–Crippen MR) is 51.3 cm³/mol. The van der Waals surface area contributed by atoms with Gasteiger partial charge in [-0.15, -0.1) is 0 Å². The van der Waals surface area contributed by atoms with Gasteiger partial charge < -0.3 is 5.32 Å². The van der Waals surface area contributed by atoms with Crippen molar-refractivity contribution >= 4 is 0 Å². The second-order valence-corrected chi connectivity index (χ2v) is 3.56. The van der Waals surface area contributed by atoms with E-state index in [0.29, 0.717) is 0 Å². The van der Waals surface area contributed by atoms with Crippen LogP contribution in [0, 0.1) is 22.7 Å². The Morgan fingerprint density at radius 1 is 1.23 bits per heavy atom. The number of allylic oxidation sites excluding steroid dienone is 3. The summed E-state index contributed by atoms with van der Waals surface area (Å²) in [4.78, 5) is 0. The van der Waals surface area contributed by atoms with Gasteiger partial charge in [-0.3, -0.25) is 0 Å². The average molecular weight is 175 g/mol. The topological polar surface area (TPSA) is 59.6 Å². The molecule has 1 N–H and O–H groups in total. The lowest BCUT2D eigenvalue weighted by Gasteiger charge is -2.18. The molecule has 13 heavy (non-hydrogen) atoms. The molecule has 0 rings (SSSR count). The number of rotatable bonds is 2. The maximum atomic E-state index is 8.39. The lowest BCUT2D eigenvalue weighted by Crippen LogP contribution is -2.30. The molecule has 0 aliphatic heterocycles. The third-order valence-electron chi connectivity index (χ3n) is 1.12. The lowest BCUT2D eigenvalue weighted by molar-refractivity contribution is 0.491. The van der Waals surface area contributed by atoms with Crippen molar-refractivity contribution in [2.75, 3.05) is 0 Å². The Kier molecular flexibility index (Phi) is 4.33. The third kappa shape index (κ3) is 6.65. The molecular formula is C10H13N3. The van der Waals surface area contributed by atoms with Crippen LogP contribution in [0.15, 0.2) is 23.9 Å². The molecule has 0 aliphatic carbocycles. The van der Waals surface area contributed by atoms with Gasteiger partial charge in [-0.05, 0) is 39.1 Å². The van der Waals surface area contributed by atoms with Gasteiger partial charge in [-0.25, -0.2) is 0 Å². The Morgan fingerprint density at radius 3 is 2.15 bits per heavy atom. The van der Waals surface area contributed by atoms with Gasteiger partial charge in [0.1, 0.15) is 17.7 Å². The van der Waals surface area contributed by atoms with Gasteiger partial charge in [0, 0.05) is 5.54 Å². The van der Waals surface area contributed by atoms with Crippen LogP contribution < -0.4 is 5.32 Å². The van der Waals surface area contributed by atoms with E-state index < -0.39 is 0 Å². The summed E-state index contributed by atoms with van der Waals surface area (Å²) in [6.45, 7) is 6.07. The van der Waals surface area contributed by atoms with Gasteiger partial charge in [0.15, 0.2) is 0 Å². The molecule has 0 atom stereocenters. The van der Waals surface area contributed by atoms with Crippen LogP contribution in [0.3, 0.4) is 0 Å². The highest BCUT2D eigenvalue weighted by atomic mass is 14.9. The van der Waals surface area contributed by atoms with E-state index in [9.17, 15) is 0 Å². The molecule has 0 spiro atoms. The van der Waals surface area contributed by atoms with Crippen LogP contribution in [0.5, 0.6) is 0 Å². The molecule has 3 heteroatoms. The third-order valence-corrected chi connectivity index (χ3v) is 1.12. The molecule has 0 aromatic heterocycles. The first-order valence-electron chi connectivity index (χ1n) is 3.94. The minimum Gasteiger partial charge on any atom is -0.386 e. The zero-order valence-electron chi connectivity index (χ0n) is 8.13. The normalized spacial score (nSPS) is 10.2. The molecule has 0 unspecified atom stereocenters. The molecule has 0 amide bonds. The van der Waals surface area contributed by atoms with Gasteiger partial charge in [-0.2, -0.15) is 10.5 Å². The summed E-state index contributed by atoms with van der Waals surface area (Å²) >= 11 is 0. The molecule has 3 nitrogen and oxygen atoms in total. The summed E-state index contributed by atoms with van der Waals surface area (Å²) in [7, 11) is 0. The molecule has 0 saturated carbocycles.